The molecule has 0 saturated heterocycles. The Bertz CT molecular complexity index is 1180. The number of carbonyl (C=O) groups is 2. The highest BCUT2D eigenvalue weighted by Gasteiger charge is 2.35. The molecule has 176 valence electrons. The molecular weight excluding hydrogens is 432 g/mol. The normalized spacial score (nSPS) is 14.3. The van der Waals surface area contributed by atoms with Crippen molar-refractivity contribution in [2.45, 2.75) is 45.6 Å². The van der Waals surface area contributed by atoms with E-state index in [9.17, 15) is 14.9 Å². The van der Waals surface area contributed by atoms with E-state index in [1.807, 2.05) is 73.7 Å². The van der Waals surface area contributed by atoms with Gasteiger partial charge >= 0.3 is 6.09 Å². The number of rotatable bonds is 9. The van der Waals surface area contributed by atoms with E-state index in [4.69, 9.17) is 9.47 Å². The Hall–Kier alpha value is -3.96. The number of para-hydroxylation sites is 1. The third kappa shape index (κ3) is 6.53. The molecule has 3 unspecified atom stereocenters. The maximum absolute atomic E-state index is 13.0. The number of pyridine rings is 1. The molecule has 0 radical (unpaired) electrons. The van der Waals surface area contributed by atoms with Gasteiger partial charge < -0.3 is 14.8 Å². The number of nitrogens with zero attached hydrogens (tertiary/aromatic N) is 2. The number of fused-ring (bicyclic) bond motifs is 1. The van der Waals surface area contributed by atoms with Gasteiger partial charge in [-0.1, -0.05) is 62.4 Å². The first-order chi connectivity index (χ1) is 16.3. The molecule has 0 aliphatic rings. The topological polar surface area (TPSA) is 113 Å². The predicted octanol–water partition coefficient (Wildman–Crippen LogP) is 4.77. The number of anilines is 1. The zero-order valence-corrected chi connectivity index (χ0v) is 19.4. The summed E-state index contributed by atoms with van der Waals surface area (Å²) in [4.78, 5) is 30.0. The van der Waals surface area contributed by atoms with Crippen molar-refractivity contribution < 1.29 is 19.1 Å². The zero-order valence-electron chi connectivity index (χ0n) is 19.4. The van der Waals surface area contributed by atoms with E-state index >= 15 is 0 Å². The Kier molecular flexibility index (Phi) is 8.17. The van der Waals surface area contributed by atoms with Gasteiger partial charge in [-0.05, 0) is 37.1 Å². The molecule has 8 nitrogen and oxygen atoms in total. The average Bonchev–Trinajstić information content (AvgIpc) is 2.86. The second kappa shape index (κ2) is 11.3. The molecule has 34 heavy (non-hydrogen) atoms. The number of ether oxygens (including phenoxy) is 2. The molecular formula is C26H28N4O4. The van der Waals surface area contributed by atoms with Crippen LogP contribution in [0, 0.1) is 17.2 Å². The molecule has 0 fully saturated rings. The molecule has 1 aromatic heterocycles. The molecule has 2 amide bonds. The van der Waals surface area contributed by atoms with Crippen LogP contribution in [0.1, 0.15) is 32.8 Å². The Morgan fingerprint density at radius 3 is 2.50 bits per heavy atom. The van der Waals surface area contributed by atoms with E-state index in [0.717, 1.165) is 16.5 Å². The molecule has 0 aliphatic carbocycles. The number of aromatic nitrogens is 1. The van der Waals surface area contributed by atoms with Crippen LogP contribution in [0.5, 0.6) is 0 Å². The molecule has 2 N–H and O–H groups in total. The van der Waals surface area contributed by atoms with Gasteiger partial charge in [-0.15, -0.1) is 0 Å². The number of amides is 2. The summed E-state index contributed by atoms with van der Waals surface area (Å²) in [5.41, 5.74) is -0.0228. The summed E-state index contributed by atoms with van der Waals surface area (Å²) in [6, 6.07) is 22.3. The highest BCUT2D eigenvalue weighted by atomic mass is 16.6. The number of benzene rings is 2. The van der Waals surface area contributed by atoms with E-state index in [1.54, 1.807) is 13.0 Å². The molecule has 0 aliphatic heterocycles. The second-order valence-electron chi connectivity index (χ2n) is 8.13. The van der Waals surface area contributed by atoms with Crippen LogP contribution in [-0.4, -0.2) is 28.8 Å². The first-order valence-electron chi connectivity index (χ1n) is 11.1. The summed E-state index contributed by atoms with van der Waals surface area (Å²) in [7, 11) is 0. The van der Waals surface area contributed by atoms with E-state index < -0.39 is 23.8 Å². The fraction of sp³-hybridized carbons (Fsp3) is 0.308. The van der Waals surface area contributed by atoms with Gasteiger partial charge in [0.1, 0.15) is 11.9 Å². The van der Waals surface area contributed by atoms with Gasteiger partial charge in [-0.3, -0.25) is 10.1 Å². The lowest BCUT2D eigenvalue weighted by Gasteiger charge is -2.28. The maximum atomic E-state index is 13.0. The van der Waals surface area contributed by atoms with Gasteiger partial charge in [0.2, 0.25) is 5.72 Å². The standard InChI is InChI=1S/C26H28N4O4/c1-4-18(2)23(24(31)30-26(3,17-27)33-16-19-10-6-5-7-11-19)34-25(32)29-22-15-14-20-12-8-9-13-21(20)28-22/h5-15,18,23H,4,16H2,1-3H3,(H,30,31)(H,28,29,32). The summed E-state index contributed by atoms with van der Waals surface area (Å²) in [5, 5.41) is 15.7. The van der Waals surface area contributed by atoms with Crippen molar-refractivity contribution in [3.63, 3.8) is 0 Å². The predicted molar refractivity (Wildman–Crippen MR) is 128 cm³/mol. The number of hydrogen-bond donors (Lipinski definition) is 2. The van der Waals surface area contributed by atoms with Gasteiger partial charge in [0, 0.05) is 11.3 Å². The number of carbonyl (C=O) groups excluding carboxylic acids is 2. The van der Waals surface area contributed by atoms with Gasteiger partial charge in [0.05, 0.1) is 12.1 Å². The minimum Gasteiger partial charge on any atom is -0.436 e. The minimum absolute atomic E-state index is 0.133. The summed E-state index contributed by atoms with van der Waals surface area (Å²) in [6.45, 7) is 5.27. The fourth-order valence-corrected chi connectivity index (χ4v) is 3.23. The second-order valence-corrected chi connectivity index (χ2v) is 8.13. The maximum Gasteiger partial charge on any atom is 0.413 e. The van der Waals surface area contributed by atoms with Crippen LogP contribution >= 0.6 is 0 Å². The molecule has 1 heterocycles. The van der Waals surface area contributed by atoms with Crippen LogP contribution in [0.25, 0.3) is 10.9 Å². The molecule has 3 rings (SSSR count). The van der Waals surface area contributed by atoms with Gasteiger partial charge in [0.25, 0.3) is 5.91 Å². The molecule has 0 spiro atoms. The zero-order chi connectivity index (χ0) is 24.6. The van der Waals surface area contributed by atoms with Crippen molar-refractivity contribution >= 4 is 28.7 Å². The third-order valence-electron chi connectivity index (χ3n) is 5.43. The smallest absolute Gasteiger partial charge is 0.413 e. The van der Waals surface area contributed by atoms with E-state index in [-0.39, 0.29) is 12.5 Å². The number of nitriles is 1. The highest BCUT2D eigenvalue weighted by molar-refractivity contribution is 5.90. The van der Waals surface area contributed by atoms with Crippen LogP contribution in [-0.2, 0) is 20.9 Å². The number of nitrogens with one attached hydrogen (secondary N) is 2. The largest absolute Gasteiger partial charge is 0.436 e. The van der Waals surface area contributed by atoms with Crippen molar-refractivity contribution in [3.05, 3.63) is 72.3 Å². The SMILES string of the molecule is CCC(C)C(OC(=O)Nc1ccc2ccccc2n1)C(=O)NC(C)(C#N)OCc1ccccc1. The lowest BCUT2D eigenvalue weighted by atomic mass is 10.0. The van der Waals surface area contributed by atoms with Gasteiger partial charge in [-0.2, -0.15) is 5.26 Å². The van der Waals surface area contributed by atoms with E-state index in [0.29, 0.717) is 12.2 Å². The van der Waals surface area contributed by atoms with E-state index in [1.165, 1.54) is 6.92 Å². The minimum atomic E-state index is -1.60. The monoisotopic (exact) mass is 460 g/mol. The quantitative estimate of drug-likeness (QED) is 0.445. The van der Waals surface area contributed by atoms with Crippen molar-refractivity contribution in [1.82, 2.24) is 10.3 Å². The Morgan fingerprint density at radius 1 is 1.09 bits per heavy atom. The van der Waals surface area contributed by atoms with Crippen molar-refractivity contribution in [1.29, 1.82) is 5.26 Å². The summed E-state index contributed by atoms with van der Waals surface area (Å²) in [5.74, 6) is -0.611. The van der Waals surface area contributed by atoms with Crippen molar-refractivity contribution in [2.24, 2.45) is 5.92 Å². The van der Waals surface area contributed by atoms with Crippen molar-refractivity contribution in [2.75, 3.05) is 5.32 Å². The molecule has 2 aromatic carbocycles. The Morgan fingerprint density at radius 2 is 1.79 bits per heavy atom. The Labute approximate surface area is 198 Å². The fourth-order valence-electron chi connectivity index (χ4n) is 3.23. The third-order valence-corrected chi connectivity index (χ3v) is 5.43. The molecule has 3 atom stereocenters. The van der Waals surface area contributed by atoms with Crippen LogP contribution in [0.4, 0.5) is 10.6 Å². The van der Waals surface area contributed by atoms with Gasteiger partial charge in [0.15, 0.2) is 6.10 Å². The van der Waals surface area contributed by atoms with Crippen LogP contribution in [0.3, 0.4) is 0 Å². The number of hydrogen-bond acceptors (Lipinski definition) is 6. The molecule has 8 heteroatoms. The lowest BCUT2D eigenvalue weighted by Crippen LogP contribution is -2.53. The molecule has 0 bridgehead atoms. The average molecular weight is 461 g/mol. The van der Waals surface area contributed by atoms with Crippen LogP contribution < -0.4 is 10.6 Å². The summed E-state index contributed by atoms with van der Waals surface area (Å²) < 4.78 is 11.1. The summed E-state index contributed by atoms with van der Waals surface area (Å²) in [6.07, 6.45) is -1.36. The van der Waals surface area contributed by atoms with Crippen LogP contribution in [0.15, 0.2) is 66.7 Å². The van der Waals surface area contributed by atoms with Crippen molar-refractivity contribution in [3.8, 4) is 6.07 Å². The molecule has 0 saturated carbocycles. The lowest BCUT2D eigenvalue weighted by molar-refractivity contribution is -0.139. The van der Waals surface area contributed by atoms with Crippen LogP contribution in [0.2, 0.25) is 0 Å². The highest BCUT2D eigenvalue weighted by Crippen LogP contribution is 2.18. The van der Waals surface area contributed by atoms with E-state index in [2.05, 4.69) is 15.6 Å². The molecule has 3 aromatic rings. The van der Waals surface area contributed by atoms with Gasteiger partial charge in [-0.25, -0.2) is 9.78 Å². The Balaban J connectivity index is 1.66. The first-order valence-corrected chi connectivity index (χ1v) is 11.1. The summed E-state index contributed by atoms with van der Waals surface area (Å²) >= 11 is 0. The first kappa shape index (κ1) is 24.7.